The van der Waals surface area contributed by atoms with Crippen molar-refractivity contribution in [3.63, 3.8) is 0 Å². The van der Waals surface area contributed by atoms with Gasteiger partial charge >= 0.3 is 0 Å². The molecule has 24 heavy (non-hydrogen) atoms. The second kappa shape index (κ2) is 8.17. The predicted molar refractivity (Wildman–Crippen MR) is 102 cm³/mol. The monoisotopic (exact) mass is 416 g/mol. The maximum Gasteiger partial charge on any atom is 0.230 e. The fraction of sp³-hybridized carbons (Fsp3) is 0.611. The van der Waals surface area contributed by atoms with E-state index in [-0.39, 0.29) is 29.1 Å². The first kappa shape index (κ1) is 19.7. The number of amides is 1. The van der Waals surface area contributed by atoms with Crippen LogP contribution in [0, 0.1) is 5.41 Å². The van der Waals surface area contributed by atoms with E-state index in [0.717, 1.165) is 48.8 Å². The van der Waals surface area contributed by atoms with Crippen molar-refractivity contribution in [1.29, 1.82) is 0 Å². The molecule has 0 spiro atoms. The quantitative estimate of drug-likeness (QED) is 0.748. The summed E-state index contributed by atoms with van der Waals surface area (Å²) in [5.74, 6) is 0.171. The lowest BCUT2D eigenvalue weighted by molar-refractivity contribution is -0.124. The molecule has 2 N–H and O–H groups in total. The zero-order chi connectivity index (χ0) is 16.3. The number of halogens is 2. The molecule has 1 heterocycles. The minimum absolute atomic E-state index is 0. The van der Waals surface area contributed by atoms with Crippen molar-refractivity contribution in [2.75, 3.05) is 33.4 Å². The van der Waals surface area contributed by atoms with Crippen LogP contribution in [-0.4, -0.2) is 39.3 Å². The van der Waals surface area contributed by atoms with E-state index in [9.17, 15) is 4.79 Å². The maximum absolute atomic E-state index is 12.8. The van der Waals surface area contributed by atoms with Gasteiger partial charge in [-0.05, 0) is 56.5 Å². The minimum atomic E-state index is -0.315. The number of methoxy groups -OCH3 is 1. The van der Waals surface area contributed by atoms with Crippen molar-refractivity contribution in [2.45, 2.75) is 31.1 Å². The molecular formula is C18H26BrClN2O2. The third kappa shape index (κ3) is 4.13. The fourth-order valence-corrected chi connectivity index (χ4v) is 4.03. The van der Waals surface area contributed by atoms with Gasteiger partial charge in [-0.15, -0.1) is 12.4 Å². The van der Waals surface area contributed by atoms with Crippen LogP contribution < -0.4 is 10.6 Å². The normalized spacial score (nSPS) is 20.8. The Balaban J connectivity index is 0.00000208. The lowest BCUT2D eigenvalue weighted by Crippen LogP contribution is -2.49. The van der Waals surface area contributed by atoms with Gasteiger partial charge in [0, 0.05) is 23.5 Å². The van der Waals surface area contributed by atoms with Crippen LogP contribution in [-0.2, 0) is 14.9 Å². The number of rotatable bonds is 6. The van der Waals surface area contributed by atoms with E-state index >= 15 is 0 Å². The van der Waals surface area contributed by atoms with Crippen molar-refractivity contribution in [1.82, 2.24) is 10.6 Å². The fourth-order valence-electron chi connectivity index (χ4n) is 3.63. The molecule has 0 radical (unpaired) electrons. The number of piperidine rings is 1. The van der Waals surface area contributed by atoms with E-state index in [4.69, 9.17) is 4.74 Å². The molecule has 0 unspecified atom stereocenters. The topological polar surface area (TPSA) is 50.4 Å². The van der Waals surface area contributed by atoms with E-state index in [0.29, 0.717) is 13.2 Å². The van der Waals surface area contributed by atoms with Gasteiger partial charge in [0.15, 0.2) is 0 Å². The summed E-state index contributed by atoms with van der Waals surface area (Å²) in [5, 5.41) is 6.62. The third-order valence-electron chi connectivity index (χ3n) is 5.30. The van der Waals surface area contributed by atoms with Crippen molar-refractivity contribution in [3.8, 4) is 0 Å². The first-order valence-electron chi connectivity index (χ1n) is 8.34. The first-order chi connectivity index (χ1) is 11.1. The van der Waals surface area contributed by atoms with Crippen molar-refractivity contribution in [2.24, 2.45) is 5.41 Å². The molecular weight excluding hydrogens is 392 g/mol. The van der Waals surface area contributed by atoms with Crippen LogP contribution in [0.1, 0.15) is 31.2 Å². The molecule has 1 amide bonds. The van der Waals surface area contributed by atoms with Crippen molar-refractivity contribution < 1.29 is 9.53 Å². The highest BCUT2D eigenvalue weighted by atomic mass is 79.9. The van der Waals surface area contributed by atoms with Crippen LogP contribution in [0.3, 0.4) is 0 Å². The summed E-state index contributed by atoms with van der Waals surface area (Å²) >= 11 is 3.51. The molecule has 0 bridgehead atoms. The van der Waals surface area contributed by atoms with Crippen LogP contribution in [0.5, 0.6) is 0 Å². The highest BCUT2D eigenvalue weighted by Crippen LogP contribution is 2.49. The van der Waals surface area contributed by atoms with Gasteiger partial charge in [0.25, 0.3) is 0 Å². The van der Waals surface area contributed by atoms with Crippen LogP contribution in [0.25, 0.3) is 0 Å². The summed E-state index contributed by atoms with van der Waals surface area (Å²) in [5.41, 5.74) is 0.879. The largest absolute Gasteiger partial charge is 0.384 e. The number of carbonyl (C=O) groups excluding carboxylic acids is 1. The zero-order valence-corrected chi connectivity index (χ0v) is 16.5. The third-order valence-corrected chi connectivity index (χ3v) is 5.79. The molecule has 1 aliphatic heterocycles. The van der Waals surface area contributed by atoms with Gasteiger partial charge in [0.2, 0.25) is 5.91 Å². The maximum atomic E-state index is 12.8. The van der Waals surface area contributed by atoms with Crippen LogP contribution in [0.15, 0.2) is 28.7 Å². The summed E-state index contributed by atoms with van der Waals surface area (Å²) in [6.45, 7) is 3.40. The number of ether oxygens (including phenoxy) is 1. The van der Waals surface area contributed by atoms with Gasteiger partial charge in [-0.1, -0.05) is 28.1 Å². The number of benzene rings is 1. The Morgan fingerprint density at radius 1 is 1.29 bits per heavy atom. The Morgan fingerprint density at radius 2 is 2.00 bits per heavy atom. The lowest BCUT2D eigenvalue weighted by Gasteiger charge is -2.37. The minimum Gasteiger partial charge on any atom is -0.384 e. The molecule has 1 aromatic rings. The summed E-state index contributed by atoms with van der Waals surface area (Å²) in [4.78, 5) is 12.8. The van der Waals surface area contributed by atoms with E-state index in [1.807, 2.05) is 12.1 Å². The van der Waals surface area contributed by atoms with Crippen LogP contribution in [0.4, 0.5) is 0 Å². The Kier molecular flexibility index (Phi) is 6.71. The molecule has 0 aromatic heterocycles. The molecule has 134 valence electrons. The Morgan fingerprint density at radius 3 is 2.58 bits per heavy atom. The standard InChI is InChI=1S/C18H25BrN2O2.ClH/c1-23-13-17(7-9-20-10-8-17)12-21-16(22)18(5-6-18)14-3-2-4-15(19)11-14;/h2-4,11,20H,5-10,12-13H2,1H3,(H,21,22);1H. The molecule has 1 saturated carbocycles. The Labute approximate surface area is 158 Å². The lowest BCUT2D eigenvalue weighted by atomic mass is 9.79. The summed E-state index contributed by atoms with van der Waals surface area (Å²) in [6.07, 6.45) is 3.97. The molecule has 2 aliphatic rings. The molecule has 6 heteroatoms. The van der Waals surface area contributed by atoms with Gasteiger partial charge in [0.05, 0.1) is 12.0 Å². The van der Waals surface area contributed by atoms with E-state index in [2.05, 4.69) is 38.7 Å². The second-order valence-electron chi connectivity index (χ2n) is 6.96. The van der Waals surface area contributed by atoms with Crippen molar-refractivity contribution >= 4 is 34.2 Å². The van der Waals surface area contributed by atoms with E-state index < -0.39 is 0 Å². The molecule has 0 atom stereocenters. The summed E-state index contributed by atoms with van der Waals surface area (Å²) in [6, 6.07) is 8.14. The average Bonchev–Trinajstić information content (AvgIpc) is 3.36. The van der Waals surface area contributed by atoms with Crippen LogP contribution in [0.2, 0.25) is 0 Å². The van der Waals surface area contributed by atoms with Gasteiger partial charge in [0.1, 0.15) is 0 Å². The van der Waals surface area contributed by atoms with Gasteiger partial charge in [-0.3, -0.25) is 4.79 Å². The van der Waals surface area contributed by atoms with Gasteiger partial charge < -0.3 is 15.4 Å². The van der Waals surface area contributed by atoms with Crippen LogP contribution >= 0.6 is 28.3 Å². The number of hydrogen-bond acceptors (Lipinski definition) is 3. The SMILES string of the molecule is COCC1(CNC(=O)C2(c3cccc(Br)c3)CC2)CCNCC1.Cl. The summed E-state index contributed by atoms with van der Waals surface area (Å²) in [7, 11) is 1.75. The van der Waals surface area contributed by atoms with Gasteiger partial charge in [-0.2, -0.15) is 0 Å². The summed E-state index contributed by atoms with van der Waals surface area (Å²) < 4.78 is 6.46. The van der Waals surface area contributed by atoms with Gasteiger partial charge in [-0.25, -0.2) is 0 Å². The highest BCUT2D eigenvalue weighted by Gasteiger charge is 2.51. The van der Waals surface area contributed by atoms with E-state index in [1.165, 1.54) is 0 Å². The smallest absolute Gasteiger partial charge is 0.230 e. The molecule has 2 fully saturated rings. The van der Waals surface area contributed by atoms with Crippen molar-refractivity contribution in [3.05, 3.63) is 34.3 Å². The molecule has 4 nitrogen and oxygen atoms in total. The molecule has 1 saturated heterocycles. The second-order valence-corrected chi connectivity index (χ2v) is 7.87. The average molecular weight is 418 g/mol. The molecule has 1 aromatic carbocycles. The zero-order valence-electron chi connectivity index (χ0n) is 14.1. The Bertz CT molecular complexity index is 566. The first-order valence-corrected chi connectivity index (χ1v) is 9.14. The number of nitrogens with one attached hydrogen (secondary N) is 2. The molecule has 1 aliphatic carbocycles. The number of hydrogen-bond donors (Lipinski definition) is 2. The number of carbonyl (C=O) groups is 1. The highest BCUT2D eigenvalue weighted by molar-refractivity contribution is 9.10. The predicted octanol–water partition coefficient (Wildman–Crippen LogP) is 3.03. The molecule has 3 rings (SSSR count). The van der Waals surface area contributed by atoms with E-state index in [1.54, 1.807) is 7.11 Å². The Hall–Kier alpha value is -0.620.